The van der Waals surface area contributed by atoms with Gasteiger partial charge in [0.1, 0.15) is 11.5 Å². The van der Waals surface area contributed by atoms with E-state index in [0.717, 1.165) is 59.9 Å². The van der Waals surface area contributed by atoms with Crippen molar-refractivity contribution in [1.82, 2.24) is 9.88 Å². The summed E-state index contributed by atoms with van der Waals surface area (Å²) in [6.07, 6.45) is 5.66. The molecule has 1 fully saturated rings. The van der Waals surface area contributed by atoms with Crippen LogP contribution in [0.4, 0.5) is 10.1 Å². The average Bonchev–Trinajstić information content (AvgIpc) is 3.34. The van der Waals surface area contributed by atoms with Gasteiger partial charge >= 0.3 is 0 Å². The van der Waals surface area contributed by atoms with Crippen LogP contribution in [0.3, 0.4) is 0 Å². The lowest BCUT2D eigenvalue weighted by Gasteiger charge is -2.33. The highest BCUT2D eigenvalue weighted by Gasteiger charge is 2.25. The van der Waals surface area contributed by atoms with E-state index in [9.17, 15) is 9.18 Å². The van der Waals surface area contributed by atoms with E-state index in [0.29, 0.717) is 17.3 Å². The first-order valence-electron chi connectivity index (χ1n) is 11.1. The zero-order valence-corrected chi connectivity index (χ0v) is 19.9. The molecular formula is C26H26FN3OS2. The Morgan fingerprint density at radius 1 is 1.21 bits per heavy atom. The third-order valence-electron chi connectivity index (χ3n) is 5.84. The van der Waals surface area contributed by atoms with Crippen LogP contribution in [-0.4, -0.2) is 33.9 Å². The van der Waals surface area contributed by atoms with Gasteiger partial charge in [0.2, 0.25) is 0 Å². The number of nitrogens with zero attached hydrogens (tertiary/aromatic N) is 2. The quantitative estimate of drug-likeness (QED) is 0.303. The Morgan fingerprint density at radius 3 is 2.67 bits per heavy atom. The van der Waals surface area contributed by atoms with Gasteiger partial charge in [-0.3, -0.25) is 4.79 Å². The number of anilines is 1. The van der Waals surface area contributed by atoms with Gasteiger partial charge in [-0.05, 0) is 43.0 Å². The van der Waals surface area contributed by atoms with E-state index < -0.39 is 0 Å². The molecule has 7 heteroatoms. The second-order valence-corrected chi connectivity index (χ2v) is 9.42. The number of carbonyl (C=O) groups is 1. The number of hydrogen-bond acceptors (Lipinski definition) is 4. The number of benzene rings is 2. The molecule has 0 aliphatic carbocycles. The molecule has 0 unspecified atom stereocenters. The summed E-state index contributed by atoms with van der Waals surface area (Å²) < 4.78 is 13.3. The molecule has 2 heterocycles. The van der Waals surface area contributed by atoms with Crippen LogP contribution < -0.4 is 5.32 Å². The van der Waals surface area contributed by atoms with Crippen molar-refractivity contribution in [1.29, 1.82) is 0 Å². The van der Waals surface area contributed by atoms with Crippen LogP contribution in [-0.2, 0) is 0 Å². The molecule has 1 amide bonds. The summed E-state index contributed by atoms with van der Waals surface area (Å²) in [5, 5.41) is 5.80. The van der Waals surface area contributed by atoms with Gasteiger partial charge in [0, 0.05) is 42.1 Å². The molecule has 0 atom stereocenters. The van der Waals surface area contributed by atoms with Gasteiger partial charge in [0.15, 0.2) is 0 Å². The van der Waals surface area contributed by atoms with E-state index in [2.05, 4.69) is 21.8 Å². The maximum absolute atomic E-state index is 13.3. The summed E-state index contributed by atoms with van der Waals surface area (Å²) in [6.45, 7) is 5.61. The van der Waals surface area contributed by atoms with E-state index in [4.69, 9.17) is 12.2 Å². The minimum atomic E-state index is -0.292. The fourth-order valence-electron chi connectivity index (χ4n) is 4.00. The first-order chi connectivity index (χ1) is 16.0. The predicted octanol–water partition coefficient (Wildman–Crippen LogP) is 6.67. The van der Waals surface area contributed by atoms with Crippen LogP contribution in [0.2, 0.25) is 0 Å². The van der Waals surface area contributed by atoms with Crippen molar-refractivity contribution >= 4 is 40.1 Å². The normalized spacial score (nSPS) is 14.2. The van der Waals surface area contributed by atoms with E-state index in [1.165, 1.54) is 12.1 Å². The molecule has 1 aliphatic heterocycles. The molecule has 0 bridgehead atoms. The number of thiazole rings is 1. The SMILES string of the molecule is C=CCCC(=S)N1CCC(c2nc(C(=O)Nc3ccccc3-c3ccc(F)cc3)cs2)CC1. The Kier molecular flexibility index (Phi) is 7.62. The molecule has 1 aromatic heterocycles. The lowest BCUT2D eigenvalue weighted by molar-refractivity contribution is 0.102. The summed E-state index contributed by atoms with van der Waals surface area (Å²) in [4.78, 5) is 20.9. The van der Waals surface area contributed by atoms with Gasteiger partial charge in [0.05, 0.1) is 10.00 Å². The van der Waals surface area contributed by atoms with Gasteiger partial charge in [-0.25, -0.2) is 9.37 Å². The molecule has 4 nitrogen and oxygen atoms in total. The van der Waals surface area contributed by atoms with E-state index >= 15 is 0 Å². The fourth-order valence-corrected chi connectivity index (χ4v) is 5.27. The van der Waals surface area contributed by atoms with Crippen LogP contribution in [0.15, 0.2) is 66.6 Å². The minimum absolute atomic E-state index is 0.241. The average molecular weight is 480 g/mol. The van der Waals surface area contributed by atoms with E-state index in [-0.39, 0.29) is 11.7 Å². The highest BCUT2D eigenvalue weighted by molar-refractivity contribution is 7.80. The first-order valence-corrected chi connectivity index (χ1v) is 12.3. The minimum Gasteiger partial charge on any atom is -0.366 e. The monoisotopic (exact) mass is 479 g/mol. The predicted molar refractivity (Wildman–Crippen MR) is 137 cm³/mol. The summed E-state index contributed by atoms with van der Waals surface area (Å²) in [5.41, 5.74) is 2.77. The molecule has 3 aromatic rings. The van der Waals surface area contributed by atoms with Crippen molar-refractivity contribution in [2.45, 2.75) is 31.6 Å². The third-order valence-corrected chi connectivity index (χ3v) is 7.31. The molecule has 1 aliphatic rings. The van der Waals surface area contributed by atoms with E-state index in [1.54, 1.807) is 23.5 Å². The number of thiocarbonyl (C=S) groups is 1. The first kappa shape index (κ1) is 23.3. The summed E-state index contributed by atoms with van der Waals surface area (Å²) in [5.74, 6) is -0.184. The Balaban J connectivity index is 1.40. The molecule has 2 aromatic carbocycles. The summed E-state index contributed by atoms with van der Waals surface area (Å²) in [7, 11) is 0. The number of halogens is 1. The molecule has 0 radical (unpaired) electrons. The molecule has 1 saturated heterocycles. The number of hydrogen-bond donors (Lipinski definition) is 1. The van der Waals surface area contributed by atoms with Crippen LogP contribution in [0.5, 0.6) is 0 Å². The van der Waals surface area contributed by atoms with Crippen molar-refractivity contribution in [2.75, 3.05) is 18.4 Å². The van der Waals surface area contributed by atoms with Gasteiger partial charge in [-0.15, -0.1) is 17.9 Å². The highest BCUT2D eigenvalue weighted by Crippen LogP contribution is 2.32. The fraction of sp³-hybridized carbons (Fsp3) is 0.269. The van der Waals surface area contributed by atoms with Crippen LogP contribution in [0.1, 0.15) is 47.1 Å². The molecule has 170 valence electrons. The van der Waals surface area contributed by atoms with Gasteiger partial charge in [-0.2, -0.15) is 0 Å². The molecule has 4 rings (SSSR count). The highest BCUT2D eigenvalue weighted by atomic mass is 32.1. The maximum atomic E-state index is 13.3. The second kappa shape index (κ2) is 10.8. The van der Waals surface area contributed by atoms with Crippen LogP contribution in [0, 0.1) is 5.82 Å². The zero-order chi connectivity index (χ0) is 23.2. The van der Waals surface area contributed by atoms with Gasteiger partial charge in [0.25, 0.3) is 5.91 Å². The summed E-state index contributed by atoms with van der Waals surface area (Å²) in [6, 6.07) is 13.7. The lowest BCUT2D eigenvalue weighted by Crippen LogP contribution is -2.36. The smallest absolute Gasteiger partial charge is 0.275 e. The van der Waals surface area contributed by atoms with Crippen LogP contribution in [0.25, 0.3) is 11.1 Å². The number of amides is 1. The number of aromatic nitrogens is 1. The Bertz CT molecular complexity index is 1130. The summed E-state index contributed by atoms with van der Waals surface area (Å²) >= 11 is 7.08. The molecule has 0 saturated carbocycles. The number of nitrogens with one attached hydrogen (secondary N) is 1. The lowest BCUT2D eigenvalue weighted by atomic mass is 9.97. The van der Waals surface area contributed by atoms with Gasteiger partial charge < -0.3 is 10.2 Å². The number of piperidine rings is 1. The Hall–Kier alpha value is -2.90. The zero-order valence-electron chi connectivity index (χ0n) is 18.3. The van der Waals surface area contributed by atoms with Crippen molar-refractivity contribution in [3.63, 3.8) is 0 Å². The number of likely N-dealkylation sites (tertiary alicyclic amines) is 1. The molecular weight excluding hydrogens is 453 g/mol. The Labute approximate surface area is 203 Å². The molecule has 33 heavy (non-hydrogen) atoms. The van der Waals surface area contributed by atoms with Crippen molar-refractivity contribution in [3.05, 3.63) is 83.1 Å². The number of allylic oxidation sites excluding steroid dienone is 1. The second-order valence-electron chi connectivity index (χ2n) is 8.06. The topological polar surface area (TPSA) is 45.2 Å². The standard InChI is InChI=1S/C26H26FN3OS2/c1-2-3-8-24(32)30-15-13-19(14-16-30)26-29-23(17-33-26)25(31)28-22-7-5-4-6-21(22)18-9-11-20(27)12-10-18/h2,4-7,9-12,17,19H,1,3,8,13-16H2,(H,28,31). The Morgan fingerprint density at radius 2 is 1.94 bits per heavy atom. The van der Waals surface area contributed by atoms with Crippen molar-refractivity contribution in [3.8, 4) is 11.1 Å². The third kappa shape index (κ3) is 5.72. The molecule has 0 spiro atoms. The van der Waals surface area contributed by atoms with Crippen molar-refractivity contribution in [2.24, 2.45) is 0 Å². The maximum Gasteiger partial charge on any atom is 0.275 e. The number of para-hydroxylation sites is 1. The molecule has 1 N–H and O–H groups in total. The largest absolute Gasteiger partial charge is 0.366 e. The number of rotatable bonds is 7. The van der Waals surface area contributed by atoms with Crippen molar-refractivity contribution < 1.29 is 9.18 Å². The van der Waals surface area contributed by atoms with E-state index in [1.807, 2.05) is 35.7 Å². The number of carbonyl (C=O) groups excluding carboxylic acids is 1. The van der Waals surface area contributed by atoms with Gasteiger partial charge in [-0.1, -0.05) is 48.6 Å². The van der Waals surface area contributed by atoms with Crippen LogP contribution >= 0.6 is 23.6 Å².